The second-order valence-corrected chi connectivity index (χ2v) is 5.02. The second kappa shape index (κ2) is 5.79. The molecule has 0 fully saturated rings. The summed E-state index contributed by atoms with van der Waals surface area (Å²) in [5, 5.41) is 3.57. The largest absolute Gasteiger partial charge is 0.373 e. The molecule has 1 rings (SSSR count). The lowest BCUT2D eigenvalue weighted by atomic mass is 9.93. The van der Waals surface area contributed by atoms with Gasteiger partial charge in [-0.15, -0.1) is 0 Å². The standard InChI is InChI=1S/C11H19N3O3/c1-11(2,3)4-5-16-7-8-6-9(14-17-8)10(15)13-12/h6H,4-5,7,12H2,1-3H3,(H,13,15). The van der Waals surface area contributed by atoms with Crippen LogP contribution in [0.4, 0.5) is 0 Å². The van der Waals surface area contributed by atoms with E-state index in [4.69, 9.17) is 15.1 Å². The van der Waals surface area contributed by atoms with E-state index in [2.05, 4.69) is 25.9 Å². The first-order chi connectivity index (χ1) is 7.92. The Morgan fingerprint density at radius 3 is 2.88 bits per heavy atom. The molecule has 6 nitrogen and oxygen atoms in total. The number of amides is 1. The molecule has 0 aromatic carbocycles. The molecule has 1 heterocycles. The summed E-state index contributed by atoms with van der Waals surface area (Å²) in [5.74, 6) is 5.00. The van der Waals surface area contributed by atoms with Gasteiger partial charge in [-0.2, -0.15) is 0 Å². The van der Waals surface area contributed by atoms with Crippen LogP contribution < -0.4 is 11.3 Å². The van der Waals surface area contributed by atoms with Crippen LogP contribution in [0.1, 0.15) is 43.4 Å². The minimum absolute atomic E-state index is 0.155. The number of nitrogens with zero attached hydrogens (tertiary/aromatic N) is 1. The molecular weight excluding hydrogens is 222 g/mol. The van der Waals surface area contributed by atoms with Gasteiger partial charge in [0.2, 0.25) is 0 Å². The second-order valence-electron chi connectivity index (χ2n) is 5.02. The van der Waals surface area contributed by atoms with E-state index in [0.717, 1.165) is 6.42 Å². The maximum Gasteiger partial charge on any atom is 0.287 e. The molecule has 1 aromatic rings. The number of nitrogen functional groups attached to an aromatic ring is 1. The zero-order chi connectivity index (χ0) is 12.9. The number of hydrogen-bond acceptors (Lipinski definition) is 5. The van der Waals surface area contributed by atoms with E-state index in [-0.39, 0.29) is 11.1 Å². The molecule has 0 radical (unpaired) electrons. The molecule has 1 amide bonds. The van der Waals surface area contributed by atoms with Crippen LogP contribution in [0, 0.1) is 5.41 Å². The summed E-state index contributed by atoms with van der Waals surface area (Å²) in [6.07, 6.45) is 0.956. The van der Waals surface area contributed by atoms with Crippen molar-refractivity contribution in [1.82, 2.24) is 10.6 Å². The van der Waals surface area contributed by atoms with Gasteiger partial charge in [0, 0.05) is 12.7 Å². The van der Waals surface area contributed by atoms with Crippen molar-refractivity contribution in [2.45, 2.75) is 33.8 Å². The van der Waals surface area contributed by atoms with Crippen LogP contribution in [0.5, 0.6) is 0 Å². The van der Waals surface area contributed by atoms with E-state index in [9.17, 15) is 4.79 Å². The fourth-order valence-electron chi connectivity index (χ4n) is 1.11. The van der Waals surface area contributed by atoms with Crippen molar-refractivity contribution < 1.29 is 14.1 Å². The molecule has 0 saturated carbocycles. The first-order valence-electron chi connectivity index (χ1n) is 5.46. The van der Waals surface area contributed by atoms with Crippen LogP contribution in [0.25, 0.3) is 0 Å². The summed E-state index contributed by atoms with van der Waals surface area (Å²) in [7, 11) is 0. The minimum atomic E-state index is -0.477. The van der Waals surface area contributed by atoms with Gasteiger partial charge in [-0.25, -0.2) is 5.84 Å². The molecule has 0 aliphatic heterocycles. The molecule has 0 aliphatic rings. The highest BCUT2D eigenvalue weighted by molar-refractivity contribution is 5.91. The Morgan fingerprint density at radius 1 is 1.59 bits per heavy atom. The number of hydrogen-bond donors (Lipinski definition) is 2. The zero-order valence-electron chi connectivity index (χ0n) is 10.4. The Balaban J connectivity index is 2.33. The Bertz CT molecular complexity index is 368. The SMILES string of the molecule is CC(C)(C)CCOCc1cc(C(=O)NN)no1. The van der Waals surface area contributed by atoms with Crippen LogP contribution >= 0.6 is 0 Å². The van der Waals surface area contributed by atoms with Crippen molar-refractivity contribution in [3.63, 3.8) is 0 Å². The van der Waals surface area contributed by atoms with Crippen molar-refractivity contribution >= 4 is 5.91 Å². The molecular formula is C11H19N3O3. The highest BCUT2D eigenvalue weighted by Crippen LogP contribution is 2.18. The van der Waals surface area contributed by atoms with Gasteiger partial charge >= 0.3 is 0 Å². The van der Waals surface area contributed by atoms with Gasteiger partial charge in [0.15, 0.2) is 11.5 Å². The van der Waals surface area contributed by atoms with E-state index >= 15 is 0 Å². The minimum Gasteiger partial charge on any atom is -0.373 e. The Labute approximate surface area is 100 Å². The van der Waals surface area contributed by atoms with Crippen molar-refractivity contribution in [3.8, 4) is 0 Å². The average Bonchev–Trinajstić information content (AvgIpc) is 2.70. The summed E-state index contributed by atoms with van der Waals surface area (Å²) in [4.78, 5) is 11.1. The molecule has 1 aromatic heterocycles. The van der Waals surface area contributed by atoms with Crippen molar-refractivity contribution in [2.24, 2.45) is 11.3 Å². The number of hydrazine groups is 1. The quantitative estimate of drug-likeness (QED) is 0.350. The van der Waals surface area contributed by atoms with E-state index in [1.807, 2.05) is 5.43 Å². The van der Waals surface area contributed by atoms with Crippen molar-refractivity contribution in [2.75, 3.05) is 6.61 Å². The molecule has 0 unspecified atom stereocenters. The normalized spacial score (nSPS) is 11.5. The number of carbonyl (C=O) groups is 1. The molecule has 3 N–H and O–H groups in total. The number of nitrogens with two attached hydrogens (primary N) is 1. The van der Waals surface area contributed by atoms with Gasteiger partial charge in [-0.1, -0.05) is 25.9 Å². The summed E-state index contributed by atoms with van der Waals surface area (Å²) in [6.45, 7) is 7.39. The maximum atomic E-state index is 11.1. The third kappa shape index (κ3) is 4.97. The van der Waals surface area contributed by atoms with Crippen LogP contribution in [0.2, 0.25) is 0 Å². The molecule has 0 atom stereocenters. The van der Waals surface area contributed by atoms with Gasteiger partial charge in [-0.3, -0.25) is 10.2 Å². The van der Waals surface area contributed by atoms with Gasteiger partial charge in [-0.05, 0) is 11.8 Å². The lowest BCUT2D eigenvalue weighted by Crippen LogP contribution is -2.30. The van der Waals surface area contributed by atoms with Gasteiger partial charge in [0.25, 0.3) is 5.91 Å². The summed E-state index contributed by atoms with van der Waals surface area (Å²) in [6, 6.07) is 1.51. The maximum absolute atomic E-state index is 11.1. The molecule has 0 bridgehead atoms. The van der Waals surface area contributed by atoms with Gasteiger partial charge < -0.3 is 9.26 Å². The smallest absolute Gasteiger partial charge is 0.287 e. The molecule has 17 heavy (non-hydrogen) atoms. The van der Waals surface area contributed by atoms with Crippen LogP contribution in [0.15, 0.2) is 10.6 Å². The highest BCUT2D eigenvalue weighted by atomic mass is 16.5. The van der Waals surface area contributed by atoms with Crippen LogP contribution in [-0.2, 0) is 11.3 Å². The first-order valence-corrected chi connectivity index (χ1v) is 5.46. The molecule has 6 heteroatoms. The van der Waals surface area contributed by atoms with E-state index in [1.165, 1.54) is 6.07 Å². The third-order valence-electron chi connectivity index (χ3n) is 2.16. The lowest BCUT2D eigenvalue weighted by molar-refractivity contribution is 0.0803. The number of ether oxygens (including phenoxy) is 1. The van der Waals surface area contributed by atoms with Crippen LogP contribution in [-0.4, -0.2) is 17.7 Å². The summed E-state index contributed by atoms with van der Waals surface area (Å²) in [5.41, 5.74) is 2.38. The van der Waals surface area contributed by atoms with Crippen molar-refractivity contribution in [1.29, 1.82) is 0 Å². The number of aromatic nitrogens is 1. The molecule has 96 valence electrons. The Morgan fingerprint density at radius 2 is 2.29 bits per heavy atom. The average molecular weight is 241 g/mol. The Hall–Kier alpha value is -1.40. The summed E-state index contributed by atoms with van der Waals surface area (Å²) < 4.78 is 10.4. The topological polar surface area (TPSA) is 90.4 Å². The monoisotopic (exact) mass is 241 g/mol. The molecule has 0 spiro atoms. The van der Waals surface area contributed by atoms with Gasteiger partial charge in [0.05, 0.1) is 0 Å². The Kier molecular flexibility index (Phi) is 4.65. The predicted octanol–water partition coefficient (Wildman–Crippen LogP) is 1.23. The zero-order valence-corrected chi connectivity index (χ0v) is 10.4. The fraction of sp³-hybridized carbons (Fsp3) is 0.636. The van der Waals surface area contributed by atoms with Crippen molar-refractivity contribution in [3.05, 3.63) is 17.5 Å². The van der Waals surface area contributed by atoms with E-state index < -0.39 is 5.91 Å². The number of rotatable bonds is 5. The van der Waals surface area contributed by atoms with E-state index in [0.29, 0.717) is 19.0 Å². The lowest BCUT2D eigenvalue weighted by Gasteiger charge is -2.17. The van der Waals surface area contributed by atoms with Crippen LogP contribution in [0.3, 0.4) is 0 Å². The van der Waals surface area contributed by atoms with Gasteiger partial charge in [0.1, 0.15) is 6.61 Å². The molecule has 0 saturated heterocycles. The number of carbonyl (C=O) groups excluding carboxylic acids is 1. The first kappa shape index (κ1) is 13.7. The van der Waals surface area contributed by atoms with E-state index in [1.54, 1.807) is 0 Å². The predicted molar refractivity (Wildman–Crippen MR) is 61.9 cm³/mol. The summed E-state index contributed by atoms with van der Waals surface area (Å²) >= 11 is 0. The highest BCUT2D eigenvalue weighted by Gasteiger charge is 2.12. The third-order valence-corrected chi connectivity index (χ3v) is 2.16. The number of nitrogens with one attached hydrogen (secondary N) is 1. The fourth-order valence-corrected chi connectivity index (χ4v) is 1.11. The molecule has 0 aliphatic carbocycles.